The second-order valence-corrected chi connectivity index (χ2v) is 5.71. The van der Waals surface area contributed by atoms with Crippen LogP contribution in [0.1, 0.15) is 25.3 Å². The average Bonchev–Trinajstić information content (AvgIpc) is 3.20. The monoisotopic (exact) mass is 298 g/mol. The molecule has 5 heteroatoms. The standard InChI is InChI=1S/C15H19ClO4/c1-9(15(17)18)5-11-6-12(16)14(13(7-11)19-2)20-8-10-3-4-10/h6-7,9-10H,3-5,8H2,1-2H3,(H,17,18). The van der Waals surface area contributed by atoms with E-state index in [2.05, 4.69) is 0 Å². The second kappa shape index (κ2) is 6.35. The number of carboxylic acid groups (broad SMARTS) is 1. The molecular formula is C15H19ClO4. The number of halogens is 1. The fourth-order valence-corrected chi connectivity index (χ4v) is 2.25. The molecular weight excluding hydrogens is 280 g/mol. The number of aliphatic carboxylic acids is 1. The van der Waals surface area contributed by atoms with Gasteiger partial charge < -0.3 is 14.6 Å². The molecule has 0 spiro atoms. The lowest BCUT2D eigenvalue weighted by molar-refractivity contribution is -0.141. The third-order valence-corrected chi connectivity index (χ3v) is 3.69. The van der Waals surface area contributed by atoms with Crippen LogP contribution in [0.2, 0.25) is 5.02 Å². The topological polar surface area (TPSA) is 55.8 Å². The Hall–Kier alpha value is -1.42. The van der Waals surface area contributed by atoms with Crippen LogP contribution in [0, 0.1) is 11.8 Å². The Labute approximate surface area is 123 Å². The van der Waals surface area contributed by atoms with Gasteiger partial charge in [-0.25, -0.2) is 0 Å². The molecule has 1 saturated carbocycles. The highest BCUT2D eigenvalue weighted by Gasteiger charge is 2.24. The first-order valence-corrected chi connectivity index (χ1v) is 7.11. The Morgan fingerprint density at radius 1 is 1.50 bits per heavy atom. The number of hydrogen-bond acceptors (Lipinski definition) is 3. The summed E-state index contributed by atoms with van der Waals surface area (Å²) in [6.07, 6.45) is 2.82. The van der Waals surface area contributed by atoms with E-state index < -0.39 is 11.9 Å². The number of methoxy groups -OCH3 is 1. The molecule has 1 atom stereocenters. The summed E-state index contributed by atoms with van der Waals surface area (Å²) < 4.78 is 11.0. The highest BCUT2D eigenvalue weighted by Crippen LogP contribution is 2.39. The lowest BCUT2D eigenvalue weighted by atomic mass is 10.0. The molecule has 2 rings (SSSR count). The van der Waals surface area contributed by atoms with E-state index in [4.69, 9.17) is 26.2 Å². The van der Waals surface area contributed by atoms with Gasteiger partial charge >= 0.3 is 5.97 Å². The summed E-state index contributed by atoms with van der Waals surface area (Å²) in [5.74, 6) is 0.448. The molecule has 110 valence electrons. The highest BCUT2D eigenvalue weighted by atomic mass is 35.5. The Kier molecular flexibility index (Phi) is 4.76. The van der Waals surface area contributed by atoms with Gasteiger partial charge in [0.1, 0.15) is 0 Å². The van der Waals surface area contributed by atoms with Gasteiger partial charge in [-0.2, -0.15) is 0 Å². The van der Waals surface area contributed by atoms with Crippen LogP contribution in [0.25, 0.3) is 0 Å². The first-order valence-electron chi connectivity index (χ1n) is 6.73. The summed E-state index contributed by atoms with van der Waals surface area (Å²) in [4.78, 5) is 10.9. The molecule has 1 fully saturated rings. The first kappa shape index (κ1) is 15.0. The minimum absolute atomic E-state index is 0.411. The summed E-state index contributed by atoms with van der Waals surface area (Å²) in [5.41, 5.74) is 0.834. The van der Waals surface area contributed by atoms with Gasteiger partial charge in [0.05, 0.1) is 24.7 Å². The molecule has 0 aliphatic heterocycles. The number of carboxylic acids is 1. The van der Waals surface area contributed by atoms with Crippen LogP contribution in [-0.2, 0) is 11.2 Å². The van der Waals surface area contributed by atoms with Crippen LogP contribution in [0.15, 0.2) is 12.1 Å². The Bertz CT molecular complexity index is 497. The largest absolute Gasteiger partial charge is 0.493 e. The minimum Gasteiger partial charge on any atom is -0.493 e. The molecule has 1 aromatic rings. The van der Waals surface area contributed by atoms with Crippen molar-refractivity contribution in [1.29, 1.82) is 0 Å². The summed E-state index contributed by atoms with van der Waals surface area (Å²) >= 11 is 6.23. The molecule has 0 amide bonds. The molecule has 0 heterocycles. The zero-order valence-corrected chi connectivity index (χ0v) is 12.4. The van der Waals surface area contributed by atoms with Gasteiger partial charge in [-0.3, -0.25) is 4.79 Å². The van der Waals surface area contributed by atoms with Crippen molar-refractivity contribution in [3.05, 3.63) is 22.7 Å². The molecule has 0 saturated heterocycles. The van der Waals surface area contributed by atoms with Crippen LogP contribution in [0.4, 0.5) is 0 Å². The van der Waals surface area contributed by atoms with Gasteiger partial charge in [-0.1, -0.05) is 18.5 Å². The maximum Gasteiger partial charge on any atom is 0.306 e. The third kappa shape index (κ3) is 3.79. The number of hydrogen-bond donors (Lipinski definition) is 1. The Balaban J connectivity index is 2.15. The fourth-order valence-electron chi connectivity index (χ4n) is 1.96. The van der Waals surface area contributed by atoms with Crippen LogP contribution in [0.5, 0.6) is 11.5 Å². The highest BCUT2D eigenvalue weighted by molar-refractivity contribution is 6.32. The molecule has 0 bridgehead atoms. The molecule has 0 aromatic heterocycles. The van der Waals surface area contributed by atoms with Gasteiger partial charge in [-0.05, 0) is 42.9 Å². The molecule has 1 aliphatic rings. The number of rotatable bonds is 7. The predicted molar refractivity (Wildman–Crippen MR) is 76.7 cm³/mol. The van der Waals surface area contributed by atoms with Crippen molar-refractivity contribution >= 4 is 17.6 Å². The van der Waals surface area contributed by atoms with Gasteiger partial charge in [0.25, 0.3) is 0 Å². The van der Waals surface area contributed by atoms with Crippen molar-refractivity contribution in [2.75, 3.05) is 13.7 Å². The van der Waals surface area contributed by atoms with Crippen LogP contribution in [-0.4, -0.2) is 24.8 Å². The minimum atomic E-state index is -0.825. The van der Waals surface area contributed by atoms with Crippen LogP contribution >= 0.6 is 11.6 Å². The van der Waals surface area contributed by atoms with Gasteiger partial charge in [-0.15, -0.1) is 0 Å². The predicted octanol–water partition coefficient (Wildman–Crippen LogP) is 3.40. The van der Waals surface area contributed by atoms with Gasteiger partial charge in [0.2, 0.25) is 0 Å². The SMILES string of the molecule is COc1cc(CC(C)C(=O)O)cc(Cl)c1OCC1CC1. The number of ether oxygens (including phenoxy) is 2. The normalized spacial score (nSPS) is 15.8. The molecule has 20 heavy (non-hydrogen) atoms. The van der Waals surface area contributed by atoms with E-state index in [0.717, 1.165) is 5.56 Å². The summed E-state index contributed by atoms with van der Waals surface area (Å²) in [6.45, 7) is 2.32. The van der Waals surface area contributed by atoms with Crippen molar-refractivity contribution in [1.82, 2.24) is 0 Å². The molecule has 1 unspecified atom stereocenters. The van der Waals surface area contributed by atoms with Crippen LogP contribution < -0.4 is 9.47 Å². The lowest BCUT2D eigenvalue weighted by Gasteiger charge is -2.15. The van der Waals surface area contributed by atoms with E-state index in [1.165, 1.54) is 12.8 Å². The summed E-state index contributed by atoms with van der Waals surface area (Å²) in [6, 6.07) is 3.55. The quantitative estimate of drug-likeness (QED) is 0.838. The smallest absolute Gasteiger partial charge is 0.306 e. The molecule has 1 aliphatic carbocycles. The van der Waals surface area contributed by atoms with E-state index in [0.29, 0.717) is 35.5 Å². The van der Waals surface area contributed by atoms with Crippen molar-refractivity contribution in [3.8, 4) is 11.5 Å². The zero-order chi connectivity index (χ0) is 14.7. The van der Waals surface area contributed by atoms with E-state index in [-0.39, 0.29) is 0 Å². The first-order chi connectivity index (χ1) is 9.51. The average molecular weight is 299 g/mol. The second-order valence-electron chi connectivity index (χ2n) is 5.31. The van der Waals surface area contributed by atoms with Crippen molar-refractivity contribution in [2.45, 2.75) is 26.2 Å². The summed E-state index contributed by atoms with van der Waals surface area (Å²) in [5, 5.41) is 9.43. The molecule has 1 aromatic carbocycles. The van der Waals surface area contributed by atoms with Gasteiger partial charge in [0.15, 0.2) is 11.5 Å². The van der Waals surface area contributed by atoms with Crippen molar-refractivity contribution in [2.24, 2.45) is 11.8 Å². The zero-order valence-electron chi connectivity index (χ0n) is 11.7. The third-order valence-electron chi connectivity index (χ3n) is 3.41. The van der Waals surface area contributed by atoms with E-state index >= 15 is 0 Å². The molecule has 0 radical (unpaired) electrons. The van der Waals surface area contributed by atoms with E-state index in [1.807, 2.05) is 0 Å². The molecule has 1 N–H and O–H groups in total. The van der Waals surface area contributed by atoms with E-state index in [9.17, 15) is 4.79 Å². The maximum absolute atomic E-state index is 10.9. The fraction of sp³-hybridized carbons (Fsp3) is 0.533. The Morgan fingerprint density at radius 3 is 2.75 bits per heavy atom. The maximum atomic E-state index is 10.9. The van der Waals surface area contributed by atoms with Crippen molar-refractivity contribution < 1.29 is 19.4 Å². The van der Waals surface area contributed by atoms with Crippen LogP contribution in [0.3, 0.4) is 0 Å². The van der Waals surface area contributed by atoms with Crippen molar-refractivity contribution in [3.63, 3.8) is 0 Å². The lowest BCUT2D eigenvalue weighted by Crippen LogP contribution is -2.12. The summed E-state index contributed by atoms with van der Waals surface area (Å²) in [7, 11) is 1.56. The van der Waals surface area contributed by atoms with E-state index in [1.54, 1.807) is 26.2 Å². The molecule has 4 nitrogen and oxygen atoms in total. The number of benzene rings is 1. The number of carbonyl (C=O) groups is 1. The Morgan fingerprint density at radius 2 is 2.20 bits per heavy atom. The van der Waals surface area contributed by atoms with Gasteiger partial charge in [0, 0.05) is 0 Å².